The van der Waals surface area contributed by atoms with Crippen molar-refractivity contribution >= 4 is 16.8 Å². The van der Waals surface area contributed by atoms with Crippen molar-refractivity contribution < 1.29 is 9.53 Å². The Hall–Kier alpha value is -3.93. The number of hydrogen-bond acceptors (Lipinski definition) is 4. The van der Waals surface area contributed by atoms with Crippen molar-refractivity contribution in [3.63, 3.8) is 0 Å². The van der Waals surface area contributed by atoms with Gasteiger partial charge in [0.05, 0.1) is 23.7 Å². The second kappa shape index (κ2) is 7.98. The van der Waals surface area contributed by atoms with Crippen LogP contribution in [-0.2, 0) is 6.54 Å². The summed E-state index contributed by atoms with van der Waals surface area (Å²) in [6.07, 6.45) is 0. The van der Waals surface area contributed by atoms with Crippen LogP contribution in [0.2, 0.25) is 0 Å². The molecule has 0 radical (unpaired) electrons. The molecular weight excluding hydrogens is 366 g/mol. The molecule has 1 N–H and O–H groups in total. The minimum absolute atomic E-state index is 0.143. The number of ether oxygens (including phenoxy) is 1. The summed E-state index contributed by atoms with van der Waals surface area (Å²) >= 11 is 0. The van der Waals surface area contributed by atoms with Crippen LogP contribution in [0.25, 0.3) is 16.6 Å². The molecule has 0 spiro atoms. The second-order valence-electron chi connectivity index (χ2n) is 6.48. The molecule has 1 aromatic heterocycles. The minimum Gasteiger partial charge on any atom is -0.497 e. The molecule has 29 heavy (non-hydrogen) atoms. The molecular formula is C23H19N3O3. The van der Waals surface area contributed by atoms with Crippen LogP contribution in [0.1, 0.15) is 16.1 Å². The third kappa shape index (κ3) is 3.73. The van der Waals surface area contributed by atoms with E-state index in [1.165, 1.54) is 0 Å². The fourth-order valence-electron chi connectivity index (χ4n) is 3.14. The summed E-state index contributed by atoms with van der Waals surface area (Å²) in [4.78, 5) is 25.7. The number of aromatic nitrogens is 2. The molecule has 0 bridgehead atoms. The Kier molecular flexibility index (Phi) is 5.07. The summed E-state index contributed by atoms with van der Waals surface area (Å²) < 4.78 is 6.82. The van der Waals surface area contributed by atoms with Crippen LogP contribution in [0.5, 0.6) is 5.75 Å². The second-order valence-corrected chi connectivity index (χ2v) is 6.48. The van der Waals surface area contributed by atoms with Gasteiger partial charge >= 0.3 is 0 Å². The van der Waals surface area contributed by atoms with E-state index in [9.17, 15) is 9.59 Å². The minimum atomic E-state index is -0.520. The SMILES string of the molecule is COc1cccc(CNC(=O)c2nn(-c3ccccc3)c3ccccc3c2=O)c1. The van der Waals surface area contributed by atoms with Gasteiger partial charge in [0, 0.05) is 6.54 Å². The van der Waals surface area contributed by atoms with E-state index in [0.717, 1.165) is 11.3 Å². The van der Waals surface area contributed by atoms with Gasteiger partial charge in [0.15, 0.2) is 5.69 Å². The first kappa shape index (κ1) is 18.4. The maximum atomic E-state index is 12.9. The first-order valence-electron chi connectivity index (χ1n) is 9.16. The lowest BCUT2D eigenvalue weighted by Gasteiger charge is -2.12. The Bertz CT molecular complexity index is 1230. The van der Waals surface area contributed by atoms with Gasteiger partial charge in [-0.15, -0.1) is 0 Å². The molecule has 3 aromatic carbocycles. The van der Waals surface area contributed by atoms with Gasteiger partial charge < -0.3 is 10.1 Å². The quantitative estimate of drug-likeness (QED) is 0.572. The molecule has 144 valence electrons. The highest BCUT2D eigenvalue weighted by atomic mass is 16.5. The molecule has 0 aliphatic rings. The van der Waals surface area contributed by atoms with Crippen molar-refractivity contribution in [2.45, 2.75) is 6.54 Å². The number of fused-ring (bicyclic) bond motifs is 1. The Labute approximate surface area is 167 Å². The van der Waals surface area contributed by atoms with Crippen molar-refractivity contribution in [2.75, 3.05) is 7.11 Å². The molecule has 6 nitrogen and oxygen atoms in total. The zero-order valence-corrected chi connectivity index (χ0v) is 15.8. The topological polar surface area (TPSA) is 73.2 Å². The number of nitrogens with one attached hydrogen (secondary N) is 1. The Balaban J connectivity index is 1.72. The Morgan fingerprint density at radius 3 is 2.55 bits per heavy atom. The van der Waals surface area contributed by atoms with E-state index >= 15 is 0 Å². The number of hydrogen-bond donors (Lipinski definition) is 1. The molecule has 1 amide bonds. The third-order valence-corrected chi connectivity index (χ3v) is 4.59. The Morgan fingerprint density at radius 2 is 1.76 bits per heavy atom. The van der Waals surface area contributed by atoms with Gasteiger partial charge in [-0.3, -0.25) is 9.59 Å². The smallest absolute Gasteiger partial charge is 0.276 e. The highest BCUT2D eigenvalue weighted by molar-refractivity contribution is 5.95. The van der Waals surface area contributed by atoms with Crippen LogP contribution < -0.4 is 15.5 Å². The third-order valence-electron chi connectivity index (χ3n) is 4.59. The van der Waals surface area contributed by atoms with Crippen molar-refractivity contribution in [1.82, 2.24) is 15.1 Å². The van der Waals surface area contributed by atoms with Gasteiger partial charge in [-0.1, -0.05) is 42.5 Å². The van der Waals surface area contributed by atoms with Gasteiger partial charge in [0.2, 0.25) is 5.43 Å². The van der Waals surface area contributed by atoms with Gasteiger partial charge in [-0.25, -0.2) is 4.68 Å². The van der Waals surface area contributed by atoms with Crippen LogP contribution in [-0.4, -0.2) is 22.8 Å². The fourth-order valence-corrected chi connectivity index (χ4v) is 3.14. The maximum absolute atomic E-state index is 12.9. The summed E-state index contributed by atoms with van der Waals surface area (Å²) in [5.41, 5.74) is 1.74. The van der Waals surface area contributed by atoms with Crippen molar-refractivity contribution in [3.8, 4) is 11.4 Å². The molecule has 0 fully saturated rings. The molecule has 4 rings (SSSR count). The largest absolute Gasteiger partial charge is 0.497 e. The summed E-state index contributed by atoms with van der Waals surface area (Å²) in [7, 11) is 1.59. The van der Waals surface area contributed by atoms with E-state index in [0.29, 0.717) is 16.7 Å². The molecule has 0 aliphatic carbocycles. The highest BCUT2D eigenvalue weighted by Crippen LogP contribution is 2.16. The molecule has 0 atom stereocenters. The summed E-state index contributed by atoms with van der Waals surface area (Å²) in [5.74, 6) is 0.181. The number of carbonyl (C=O) groups excluding carboxylic acids is 1. The fraction of sp³-hybridized carbons (Fsp3) is 0.0870. The van der Waals surface area contributed by atoms with E-state index < -0.39 is 11.3 Å². The lowest BCUT2D eigenvalue weighted by Crippen LogP contribution is -2.31. The normalized spacial score (nSPS) is 10.7. The van der Waals surface area contributed by atoms with E-state index in [1.54, 1.807) is 23.9 Å². The first-order chi connectivity index (χ1) is 14.2. The zero-order chi connectivity index (χ0) is 20.2. The molecule has 1 heterocycles. The summed E-state index contributed by atoms with van der Waals surface area (Å²) in [6.45, 7) is 0.259. The standard InChI is InChI=1S/C23H19N3O3/c1-29-18-11-7-8-16(14-18)15-24-23(28)21-22(27)19-12-5-6-13-20(19)26(25-21)17-9-3-2-4-10-17/h2-14H,15H2,1H3,(H,24,28). The van der Waals surface area contributed by atoms with E-state index in [2.05, 4.69) is 10.4 Å². The molecule has 4 aromatic rings. The van der Waals surface area contributed by atoms with Crippen LogP contribution in [0.15, 0.2) is 83.7 Å². The van der Waals surface area contributed by atoms with Crippen molar-refractivity contribution in [1.29, 1.82) is 0 Å². The molecule has 0 aliphatic heterocycles. The Morgan fingerprint density at radius 1 is 1.00 bits per heavy atom. The zero-order valence-electron chi connectivity index (χ0n) is 15.8. The van der Waals surface area contributed by atoms with Crippen molar-refractivity contribution in [2.24, 2.45) is 0 Å². The van der Waals surface area contributed by atoms with Crippen LogP contribution in [0.4, 0.5) is 0 Å². The lowest BCUT2D eigenvalue weighted by molar-refractivity contribution is 0.0943. The van der Waals surface area contributed by atoms with Gasteiger partial charge in [-0.2, -0.15) is 5.10 Å². The highest BCUT2D eigenvalue weighted by Gasteiger charge is 2.18. The molecule has 0 unspecified atom stereocenters. The monoisotopic (exact) mass is 385 g/mol. The van der Waals surface area contributed by atoms with Gasteiger partial charge in [0.25, 0.3) is 5.91 Å². The maximum Gasteiger partial charge on any atom is 0.276 e. The first-order valence-corrected chi connectivity index (χ1v) is 9.16. The number of rotatable bonds is 5. The van der Waals surface area contributed by atoms with E-state index in [4.69, 9.17) is 4.74 Å². The van der Waals surface area contributed by atoms with E-state index in [1.807, 2.05) is 66.7 Å². The molecule has 0 saturated heterocycles. The van der Waals surface area contributed by atoms with Crippen LogP contribution in [0.3, 0.4) is 0 Å². The number of amides is 1. The number of methoxy groups -OCH3 is 1. The van der Waals surface area contributed by atoms with Gasteiger partial charge in [0.1, 0.15) is 5.75 Å². The number of carbonyl (C=O) groups is 1. The molecule has 6 heteroatoms. The predicted octanol–water partition coefficient (Wildman–Crippen LogP) is 3.32. The van der Waals surface area contributed by atoms with Crippen LogP contribution in [0, 0.1) is 0 Å². The summed E-state index contributed by atoms with van der Waals surface area (Å²) in [5, 5.41) is 7.61. The van der Waals surface area contributed by atoms with Gasteiger partial charge in [-0.05, 0) is 42.0 Å². The van der Waals surface area contributed by atoms with Crippen molar-refractivity contribution in [3.05, 3.63) is 100 Å². The number of para-hydroxylation sites is 2. The lowest BCUT2D eigenvalue weighted by atomic mass is 10.1. The average molecular weight is 385 g/mol. The van der Waals surface area contributed by atoms with E-state index in [-0.39, 0.29) is 12.2 Å². The predicted molar refractivity (Wildman–Crippen MR) is 112 cm³/mol. The molecule has 0 saturated carbocycles. The average Bonchev–Trinajstić information content (AvgIpc) is 2.78. The number of benzene rings is 3. The number of nitrogens with zero attached hydrogens (tertiary/aromatic N) is 2. The summed E-state index contributed by atoms with van der Waals surface area (Å²) in [6, 6.07) is 23.9. The van der Waals surface area contributed by atoms with Crippen LogP contribution >= 0.6 is 0 Å².